The maximum absolute atomic E-state index is 10.8. The van der Waals surface area contributed by atoms with Gasteiger partial charge in [0.1, 0.15) is 0 Å². The molecule has 3 rings (SSSR count). The van der Waals surface area contributed by atoms with E-state index in [0.29, 0.717) is 0 Å². The Kier molecular flexibility index (Phi) is 4.26. The van der Waals surface area contributed by atoms with Gasteiger partial charge >= 0.3 is 5.97 Å². The SMILES string of the molecule is CC1(C)CCSc2ccc(C=Nc3ccc(C(=O)O)cc3)cc21. The Hall–Kier alpha value is -2.07. The van der Waals surface area contributed by atoms with Crippen LogP contribution in [0.1, 0.15) is 41.8 Å². The number of rotatable bonds is 3. The van der Waals surface area contributed by atoms with Gasteiger partial charge in [0, 0.05) is 11.1 Å². The van der Waals surface area contributed by atoms with Gasteiger partial charge in [0.25, 0.3) is 0 Å². The highest BCUT2D eigenvalue weighted by molar-refractivity contribution is 7.99. The molecule has 0 spiro atoms. The summed E-state index contributed by atoms with van der Waals surface area (Å²) in [5.41, 5.74) is 3.69. The normalized spacial score (nSPS) is 16.3. The molecule has 1 aliphatic rings. The maximum atomic E-state index is 10.8. The van der Waals surface area contributed by atoms with E-state index in [0.717, 1.165) is 11.3 Å². The molecule has 0 unspecified atom stereocenters. The molecule has 0 saturated heterocycles. The number of fused-ring (bicyclic) bond motifs is 1. The first kappa shape index (κ1) is 15.8. The predicted octanol–water partition coefficient (Wildman–Crippen LogP) is 4.91. The molecule has 4 heteroatoms. The van der Waals surface area contributed by atoms with E-state index < -0.39 is 5.97 Å². The van der Waals surface area contributed by atoms with Gasteiger partial charge in [0.05, 0.1) is 11.3 Å². The molecule has 0 atom stereocenters. The van der Waals surface area contributed by atoms with Crippen LogP contribution in [0.2, 0.25) is 0 Å². The Morgan fingerprint density at radius 2 is 1.96 bits per heavy atom. The zero-order chi connectivity index (χ0) is 16.4. The first-order chi connectivity index (χ1) is 11.0. The number of carboxylic acid groups (broad SMARTS) is 1. The van der Waals surface area contributed by atoms with E-state index >= 15 is 0 Å². The fourth-order valence-corrected chi connectivity index (χ4v) is 4.16. The number of aromatic carboxylic acids is 1. The summed E-state index contributed by atoms with van der Waals surface area (Å²) in [6, 6.07) is 13.1. The van der Waals surface area contributed by atoms with Crippen molar-refractivity contribution in [3.63, 3.8) is 0 Å². The molecular weight excluding hydrogens is 306 g/mol. The second kappa shape index (κ2) is 6.20. The highest BCUT2D eigenvalue weighted by Crippen LogP contribution is 2.41. The number of nitrogens with zero attached hydrogens (tertiary/aromatic N) is 1. The average Bonchev–Trinajstić information content (AvgIpc) is 2.53. The molecular formula is C19H19NO2S. The van der Waals surface area contributed by atoms with Crippen molar-refractivity contribution in [3.8, 4) is 0 Å². The molecule has 1 heterocycles. The van der Waals surface area contributed by atoms with Crippen LogP contribution in [0.4, 0.5) is 5.69 Å². The number of hydrogen-bond acceptors (Lipinski definition) is 3. The average molecular weight is 325 g/mol. The summed E-state index contributed by atoms with van der Waals surface area (Å²) < 4.78 is 0. The van der Waals surface area contributed by atoms with E-state index in [1.807, 2.05) is 18.0 Å². The van der Waals surface area contributed by atoms with Gasteiger partial charge < -0.3 is 5.11 Å². The van der Waals surface area contributed by atoms with E-state index in [9.17, 15) is 4.79 Å². The number of hydrogen-bond donors (Lipinski definition) is 1. The van der Waals surface area contributed by atoms with Gasteiger partial charge in [-0.25, -0.2) is 4.79 Å². The van der Waals surface area contributed by atoms with Crippen LogP contribution >= 0.6 is 11.8 Å². The zero-order valence-corrected chi connectivity index (χ0v) is 14.1. The van der Waals surface area contributed by atoms with E-state index in [4.69, 9.17) is 5.11 Å². The second-order valence-electron chi connectivity index (χ2n) is 6.35. The van der Waals surface area contributed by atoms with Crippen LogP contribution < -0.4 is 0 Å². The summed E-state index contributed by atoms with van der Waals surface area (Å²) in [6.45, 7) is 4.58. The van der Waals surface area contributed by atoms with E-state index in [-0.39, 0.29) is 11.0 Å². The van der Waals surface area contributed by atoms with Crippen LogP contribution in [-0.2, 0) is 5.41 Å². The number of carbonyl (C=O) groups is 1. The fraction of sp³-hybridized carbons (Fsp3) is 0.263. The molecule has 0 aromatic heterocycles. The Morgan fingerprint density at radius 1 is 1.22 bits per heavy atom. The van der Waals surface area contributed by atoms with Crippen LogP contribution in [-0.4, -0.2) is 23.0 Å². The third-order valence-electron chi connectivity index (χ3n) is 4.19. The summed E-state index contributed by atoms with van der Waals surface area (Å²) in [4.78, 5) is 16.7. The van der Waals surface area contributed by atoms with Crippen molar-refractivity contribution in [2.45, 2.75) is 30.6 Å². The van der Waals surface area contributed by atoms with Gasteiger partial charge in [0.2, 0.25) is 0 Å². The van der Waals surface area contributed by atoms with Crippen molar-refractivity contribution in [3.05, 3.63) is 59.2 Å². The maximum Gasteiger partial charge on any atom is 0.335 e. The van der Waals surface area contributed by atoms with Gasteiger partial charge in [-0.2, -0.15) is 0 Å². The molecule has 1 N–H and O–H groups in total. The monoisotopic (exact) mass is 325 g/mol. The number of benzene rings is 2. The number of carboxylic acids is 1. The van der Waals surface area contributed by atoms with Crippen LogP contribution in [0.25, 0.3) is 0 Å². The Morgan fingerprint density at radius 3 is 2.65 bits per heavy atom. The first-order valence-corrected chi connectivity index (χ1v) is 8.59. The largest absolute Gasteiger partial charge is 0.478 e. The quantitative estimate of drug-likeness (QED) is 0.816. The van der Waals surface area contributed by atoms with Crippen molar-refractivity contribution in [1.29, 1.82) is 0 Å². The molecule has 0 radical (unpaired) electrons. The topological polar surface area (TPSA) is 49.7 Å². The second-order valence-corrected chi connectivity index (χ2v) is 7.48. The highest BCUT2D eigenvalue weighted by atomic mass is 32.2. The molecule has 0 saturated carbocycles. The Bertz CT molecular complexity index is 763. The van der Waals surface area contributed by atoms with Crippen LogP contribution in [0.15, 0.2) is 52.4 Å². The van der Waals surface area contributed by atoms with Gasteiger partial charge in [-0.15, -0.1) is 11.8 Å². The van der Waals surface area contributed by atoms with Gasteiger partial charge in [-0.1, -0.05) is 19.9 Å². The van der Waals surface area contributed by atoms with Gasteiger partial charge in [-0.05, 0) is 65.1 Å². The summed E-state index contributed by atoms with van der Waals surface area (Å²) in [5, 5.41) is 8.90. The minimum Gasteiger partial charge on any atom is -0.478 e. The molecule has 0 amide bonds. The minimum absolute atomic E-state index is 0.202. The molecule has 0 bridgehead atoms. The van der Waals surface area contributed by atoms with E-state index in [1.54, 1.807) is 24.3 Å². The molecule has 2 aromatic carbocycles. The number of aliphatic imine (C=N–C) groups is 1. The lowest BCUT2D eigenvalue weighted by Gasteiger charge is -2.32. The van der Waals surface area contributed by atoms with Crippen LogP contribution in [0.3, 0.4) is 0 Å². The lowest BCUT2D eigenvalue weighted by molar-refractivity contribution is 0.0697. The lowest BCUT2D eigenvalue weighted by atomic mass is 9.81. The standard InChI is InChI=1S/C19H19NO2S/c1-19(2)9-10-23-17-8-3-13(11-16(17)19)12-20-15-6-4-14(5-7-15)18(21)22/h3-8,11-12H,9-10H2,1-2H3,(H,21,22). The van der Waals surface area contributed by atoms with Crippen LogP contribution in [0, 0.1) is 0 Å². The summed E-state index contributed by atoms with van der Waals surface area (Å²) in [7, 11) is 0. The molecule has 1 aliphatic heterocycles. The van der Waals surface area contributed by atoms with E-state index in [1.165, 1.54) is 22.6 Å². The first-order valence-electron chi connectivity index (χ1n) is 7.60. The minimum atomic E-state index is -0.921. The van der Waals surface area contributed by atoms with Gasteiger partial charge in [0.15, 0.2) is 0 Å². The Balaban J connectivity index is 1.84. The molecule has 23 heavy (non-hydrogen) atoms. The smallest absolute Gasteiger partial charge is 0.335 e. The fourth-order valence-electron chi connectivity index (χ4n) is 2.67. The van der Waals surface area contributed by atoms with Crippen molar-refractivity contribution in [1.82, 2.24) is 0 Å². The summed E-state index contributed by atoms with van der Waals surface area (Å²) in [6.07, 6.45) is 3.02. The van der Waals surface area contributed by atoms with Crippen molar-refractivity contribution in [2.24, 2.45) is 4.99 Å². The number of thioether (sulfide) groups is 1. The summed E-state index contributed by atoms with van der Waals surface area (Å²) in [5.74, 6) is 0.249. The molecule has 2 aromatic rings. The van der Waals surface area contributed by atoms with Crippen molar-refractivity contribution < 1.29 is 9.90 Å². The van der Waals surface area contributed by atoms with E-state index in [2.05, 4.69) is 37.0 Å². The zero-order valence-electron chi connectivity index (χ0n) is 13.2. The molecule has 118 valence electrons. The summed E-state index contributed by atoms with van der Waals surface area (Å²) >= 11 is 1.92. The predicted molar refractivity (Wildman–Crippen MR) is 95.5 cm³/mol. The van der Waals surface area contributed by atoms with Crippen molar-refractivity contribution >= 4 is 29.6 Å². The van der Waals surface area contributed by atoms with Crippen molar-refractivity contribution in [2.75, 3.05) is 5.75 Å². The van der Waals surface area contributed by atoms with Crippen LogP contribution in [0.5, 0.6) is 0 Å². The third kappa shape index (κ3) is 3.48. The molecule has 0 aliphatic carbocycles. The molecule has 3 nitrogen and oxygen atoms in total. The lowest BCUT2D eigenvalue weighted by Crippen LogP contribution is -2.22. The highest BCUT2D eigenvalue weighted by Gasteiger charge is 2.27. The molecule has 0 fully saturated rings. The van der Waals surface area contributed by atoms with Gasteiger partial charge in [-0.3, -0.25) is 4.99 Å². The Labute approximate surface area is 140 Å². The third-order valence-corrected chi connectivity index (χ3v) is 5.27.